The highest BCUT2D eigenvalue weighted by Gasteiger charge is 2.51. The maximum atomic E-state index is 7.02. The Balaban J connectivity index is 1.01. The van der Waals surface area contributed by atoms with Gasteiger partial charge < -0.3 is 9.30 Å². The Morgan fingerprint density at radius 2 is 0.896 bits per heavy atom. The van der Waals surface area contributed by atoms with E-state index in [-0.39, 0.29) is 0 Å². The normalized spacial score (nSPS) is 13.0. The summed E-state index contributed by atoms with van der Waals surface area (Å²) in [6, 6.07) is 82.0. The number of aromatic nitrogens is 4. The molecule has 5 nitrogen and oxygen atoms in total. The maximum Gasteiger partial charge on any atom is 0.164 e. The van der Waals surface area contributed by atoms with Crippen molar-refractivity contribution in [2.75, 3.05) is 0 Å². The van der Waals surface area contributed by atoms with Gasteiger partial charge in [-0.1, -0.05) is 200 Å². The molecule has 5 heteroatoms. The first kappa shape index (κ1) is 37.4. The first-order valence-electron chi connectivity index (χ1n) is 22.8. The first-order valence-corrected chi connectivity index (χ1v) is 22.8. The Labute approximate surface area is 386 Å². The highest BCUT2D eigenvalue weighted by molar-refractivity contribution is 6.19. The van der Waals surface area contributed by atoms with Gasteiger partial charge in [0.15, 0.2) is 17.5 Å². The van der Waals surface area contributed by atoms with Crippen LogP contribution in [0.5, 0.6) is 11.5 Å². The summed E-state index contributed by atoms with van der Waals surface area (Å²) in [5.41, 5.74) is 14.9. The average Bonchev–Trinajstić information content (AvgIpc) is 3.89. The number of rotatable bonds is 5. The van der Waals surface area contributed by atoms with Crippen LogP contribution in [0.4, 0.5) is 0 Å². The lowest BCUT2D eigenvalue weighted by molar-refractivity contribution is 0.437. The van der Waals surface area contributed by atoms with Gasteiger partial charge in [-0.25, -0.2) is 15.0 Å². The lowest BCUT2D eigenvalue weighted by Gasteiger charge is -2.39. The average molecular weight is 855 g/mol. The van der Waals surface area contributed by atoms with Crippen molar-refractivity contribution in [2.24, 2.45) is 0 Å². The number of hydrogen-bond donors (Lipinski definition) is 0. The second kappa shape index (κ2) is 14.5. The van der Waals surface area contributed by atoms with Crippen LogP contribution < -0.4 is 4.74 Å². The van der Waals surface area contributed by atoms with E-state index in [1.54, 1.807) is 0 Å². The molecule has 0 N–H and O–H groups in total. The zero-order valence-corrected chi connectivity index (χ0v) is 36.1. The summed E-state index contributed by atoms with van der Waals surface area (Å²) in [7, 11) is 0. The van der Waals surface area contributed by atoms with Gasteiger partial charge in [0.25, 0.3) is 0 Å². The van der Waals surface area contributed by atoms with E-state index in [0.717, 1.165) is 77.9 Å². The summed E-state index contributed by atoms with van der Waals surface area (Å²) in [5, 5.41) is 4.61. The summed E-state index contributed by atoms with van der Waals surface area (Å²) in [6.07, 6.45) is 0. The highest BCUT2D eigenvalue weighted by atomic mass is 16.5. The minimum atomic E-state index is -0.606. The van der Waals surface area contributed by atoms with Crippen molar-refractivity contribution in [3.63, 3.8) is 0 Å². The highest BCUT2D eigenvalue weighted by Crippen LogP contribution is 2.62. The number of para-hydroxylation sites is 1. The molecule has 10 aromatic carbocycles. The molecule has 0 radical (unpaired) electrons. The molecule has 312 valence electrons. The van der Waals surface area contributed by atoms with Crippen LogP contribution in [0.25, 0.3) is 94.7 Å². The van der Waals surface area contributed by atoms with Gasteiger partial charge in [-0.3, -0.25) is 0 Å². The van der Waals surface area contributed by atoms with Gasteiger partial charge in [-0.2, -0.15) is 0 Å². The Morgan fingerprint density at radius 1 is 0.343 bits per heavy atom. The summed E-state index contributed by atoms with van der Waals surface area (Å²) >= 11 is 0. The van der Waals surface area contributed by atoms with Crippen molar-refractivity contribution in [3.8, 4) is 73.6 Å². The molecule has 0 saturated carbocycles. The molecule has 0 bridgehead atoms. The fourth-order valence-electron chi connectivity index (χ4n) is 11.0. The molecular formula is C62H38N4O. The lowest BCUT2D eigenvalue weighted by Crippen LogP contribution is -2.32. The quantitative estimate of drug-likeness (QED) is 0.173. The van der Waals surface area contributed by atoms with E-state index in [2.05, 4.69) is 211 Å². The Hall–Kier alpha value is -8.93. The van der Waals surface area contributed by atoms with Crippen molar-refractivity contribution >= 4 is 32.6 Å². The number of nitrogens with zero attached hydrogens (tertiary/aromatic N) is 4. The van der Waals surface area contributed by atoms with Crippen molar-refractivity contribution in [2.45, 2.75) is 5.41 Å². The second-order valence-corrected chi connectivity index (χ2v) is 17.5. The molecule has 0 atom stereocenters. The maximum absolute atomic E-state index is 7.02. The second-order valence-electron chi connectivity index (χ2n) is 17.5. The van der Waals surface area contributed by atoms with Gasteiger partial charge in [0.2, 0.25) is 0 Å². The van der Waals surface area contributed by atoms with E-state index in [0.29, 0.717) is 17.5 Å². The minimum Gasteiger partial charge on any atom is -0.457 e. The standard InChI is InChI=1S/C62H38N4O/c1-3-16-39(17-4-1)40-30-32-43(33-31-40)60-63-59(42-19-5-2-6-20-42)64-61(65-60)44-21-15-22-45(36-44)66-55-38-54-57(37-50(55)49-35-34-41-18-7-8-23-46(41)58(49)66)67-56-29-14-13-28-53(56)62(54)51-26-11-9-24-47(51)48-25-10-12-27-52(48)62/h1-38H. The zero-order valence-electron chi connectivity index (χ0n) is 36.1. The van der Waals surface area contributed by atoms with E-state index >= 15 is 0 Å². The molecule has 1 spiro atoms. The summed E-state index contributed by atoms with van der Waals surface area (Å²) in [6.45, 7) is 0. The largest absolute Gasteiger partial charge is 0.457 e. The van der Waals surface area contributed by atoms with Crippen LogP contribution in [0, 0.1) is 0 Å². The molecule has 3 heterocycles. The summed E-state index contributed by atoms with van der Waals surface area (Å²) in [4.78, 5) is 15.5. The van der Waals surface area contributed by atoms with Gasteiger partial charge in [-0.15, -0.1) is 0 Å². The Kier molecular flexibility index (Phi) is 8.13. The number of fused-ring (bicyclic) bond motifs is 14. The van der Waals surface area contributed by atoms with Crippen LogP contribution in [0.3, 0.4) is 0 Å². The Bertz CT molecular complexity index is 3900. The van der Waals surface area contributed by atoms with Gasteiger partial charge in [0.05, 0.1) is 16.4 Å². The molecule has 0 saturated heterocycles. The van der Waals surface area contributed by atoms with Crippen molar-refractivity contribution < 1.29 is 4.74 Å². The van der Waals surface area contributed by atoms with Gasteiger partial charge >= 0.3 is 0 Å². The fraction of sp³-hybridized carbons (Fsp3) is 0.0161. The van der Waals surface area contributed by atoms with Crippen molar-refractivity contribution in [1.82, 2.24) is 19.5 Å². The molecule has 2 aliphatic rings. The van der Waals surface area contributed by atoms with Crippen LogP contribution in [0.15, 0.2) is 231 Å². The predicted octanol–water partition coefficient (Wildman–Crippen LogP) is 15.3. The van der Waals surface area contributed by atoms with E-state index in [1.807, 2.05) is 24.3 Å². The van der Waals surface area contributed by atoms with Crippen LogP contribution >= 0.6 is 0 Å². The molecule has 1 aliphatic carbocycles. The summed E-state index contributed by atoms with van der Waals surface area (Å²) in [5.74, 6) is 3.58. The molecular weight excluding hydrogens is 817 g/mol. The number of benzene rings is 10. The van der Waals surface area contributed by atoms with Gasteiger partial charge in [0, 0.05) is 49.7 Å². The third kappa shape index (κ3) is 5.58. The van der Waals surface area contributed by atoms with Crippen LogP contribution in [-0.2, 0) is 5.41 Å². The number of ether oxygens (including phenoxy) is 1. The summed E-state index contributed by atoms with van der Waals surface area (Å²) < 4.78 is 9.47. The molecule has 0 fully saturated rings. The molecule has 0 unspecified atom stereocenters. The number of hydrogen-bond acceptors (Lipinski definition) is 4. The van der Waals surface area contributed by atoms with E-state index in [9.17, 15) is 0 Å². The topological polar surface area (TPSA) is 52.8 Å². The monoisotopic (exact) mass is 854 g/mol. The smallest absolute Gasteiger partial charge is 0.164 e. The van der Waals surface area contributed by atoms with E-state index in [4.69, 9.17) is 19.7 Å². The van der Waals surface area contributed by atoms with Crippen LogP contribution in [0.2, 0.25) is 0 Å². The van der Waals surface area contributed by atoms with Crippen molar-refractivity contribution in [3.05, 3.63) is 253 Å². The van der Waals surface area contributed by atoms with Crippen LogP contribution in [-0.4, -0.2) is 19.5 Å². The van der Waals surface area contributed by atoms with Crippen molar-refractivity contribution in [1.29, 1.82) is 0 Å². The SMILES string of the molecule is c1ccc(-c2ccc(-c3nc(-c4ccccc4)nc(-c4cccc(-n5c6cc7c(cc6c6ccc8ccccc8c65)Oc5ccccc5C75c6ccccc6-c6ccccc65)c4)n3)cc2)cc1. The molecule has 0 amide bonds. The van der Waals surface area contributed by atoms with Gasteiger partial charge in [-0.05, 0) is 69.1 Å². The molecule has 67 heavy (non-hydrogen) atoms. The first-order chi connectivity index (χ1) is 33.2. The minimum absolute atomic E-state index is 0.601. The van der Waals surface area contributed by atoms with Crippen LogP contribution in [0.1, 0.15) is 22.3 Å². The lowest BCUT2D eigenvalue weighted by atomic mass is 9.66. The fourth-order valence-corrected chi connectivity index (χ4v) is 11.0. The molecule has 12 aromatic rings. The molecule has 2 aromatic heterocycles. The Morgan fingerprint density at radius 3 is 1.63 bits per heavy atom. The third-order valence-corrected chi connectivity index (χ3v) is 13.9. The predicted molar refractivity (Wildman–Crippen MR) is 271 cm³/mol. The van der Waals surface area contributed by atoms with Gasteiger partial charge in [0.1, 0.15) is 11.5 Å². The van der Waals surface area contributed by atoms with E-state index in [1.165, 1.54) is 33.0 Å². The molecule has 1 aliphatic heterocycles. The molecule has 14 rings (SSSR count). The van der Waals surface area contributed by atoms with E-state index < -0.39 is 5.41 Å². The third-order valence-electron chi connectivity index (χ3n) is 13.9. The zero-order chi connectivity index (χ0) is 44.1.